The number of urea groups is 1. The molecular weight excluding hydrogens is 261 g/mol. The molecule has 0 aliphatic rings. The highest BCUT2D eigenvalue weighted by molar-refractivity contribution is 5.99. The summed E-state index contributed by atoms with van der Waals surface area (Å²) in [6.07, 6.45) is 2.99. The van der Waals surface area contributed by atoms with E-state index >= 15 is 0 Å². The van der Waals surface area contributed by atoms with Gasteiger partial charge in [-0.15, -0.1) is 0 Å². The third-order valence-electron chi connectivity index (χ3n) is 2.38. The lowest BCUT2D eigenvalue weighted by Crippen LogP contribution is -2.20. The molecule has 0 aliphatic heterocycles. The van der Waals surface area contributed by atoms with E-state index in [2.05, 4.69) is 20.6 Å². The second kappa shape index (κ2) is 5.96. The van der Waals surface area contributed by atoms with E-state index in [0.29, 0.717) is 17.3 Å². The molecule has 0 aliphatic carbocycles. The van der Waals surface area contributed by atoms with Crippen molar-refractivity contribution in [3.05, 3.63) is 42.5 Å². The zero-order valence-corrected chi connectivity index (χ0v) is 11.1. The average Bonchev–Trinajstić information content (AvgIpc) is 2.39. The first kappa shape index (κ1) is 13.7. The molecule has 2 rings (SSSR count). The Bertz CT molecular complexity index is 600. The smallest absolute Gasteiger partial charge is 0.323 e. The summed E-state index contributed by atoms with van der Waals surface area (Å²) in [5.74, 6) is 0.127. The lowest BCUT2D eigenvalue weighted by atomic mass is 10.3. The number of aromatic nitrogens is 2. The van der Waals surface area contributed by atoms with Crippen LogP contribution in [0, 0.1) is 5.82 Å². The van der Waals surface area contributed by atoms with E-state index in [1.807, 2.05) is 14.1 Å². The van der Waals surface area contributed by atoms with Gasteiger partial charge in [0.25, 0.3) is 0 Å². The number of hydrogen-bond acceptors (Lipinski definition) is 4. The highest BCUT2D eigenvalue weighted by Gasteiger charge is 2.05. The Balaban J connectivity index is 1.97. The molecule has 2 aromatic rings. The first-order chi connectivity index (χ1) is 9.54. The first-order valence-electron chi connectivity index (χ1n) is 5.87. The van der Waals surface area contributed by atoms with Crippen molar-refractivity contribution in [1.82, 2.24) is 9.97 Å². The van der Waals surface area contributed by atoms with Crippen molar-refractivity contribution in [2.24, 2.45) is 0 Å². The maximum atomic E-state index is 13.0. The molecule has 1 aromatic heterocycles. The predicted molar refractivity (Wildman–Crippen MR) is 75.4 cm³/mol. The van der Waals surface area contributed by atoms with Gasteiger partial charge in [0.05, 0.1) is 18.1 Å². The van der Waals surface area contributed by atoms with Crippen LogP contribution >= 0.6 is 0 Å². The lowest BCUT2D eigenvalue weighted by molar-refractivity contribution is 0.262. The molecule has 0 saturated carbocycles. The van der Waals surface area contributed by atoms with Crippen LogP contribution in [0.25, 0.3) is 0 Å². The number of carbonyl (C=O) groups excluding carboxylic acids is 1. The number of carbonyl (C=O) groups is 1. The van der Waals surface area contributed by atoms with Gasteiger partial charge in [-0.05, 0) is 18.2 Å². The number of rotatable bonds is 3. The molecule has 2 N–H and O–H groups in total. The van der Waals surface area contributed by atoms with Gasteiger partial charge in [-0.1, -0.05) is 6.07 Å². The summed E-state index contributed by atoms with van der Waals surface area (Å²) in [5, 5.41) is 5.07. The Morgan fingerprint density at radius 1 is 1.15 bits per heavy atom. The van der Waals surface area contributed by atoms with Crippen LogP contribution in [0.1, 0.15) is 0 Å². The molecule has 1 aromatic carbocycles. The Labute approximate surface area is 115 Å². The standard InChI is InChI=1S/C13H14FN5O/c1-19(2)12-15-7-11(8-16-12)18-13(20)17-10-5-3-4-9(14)6-10/h3-8H,1-2H3,(H2,17,18,20). The molecule has 6 nitrogen and oxygen atoms in total. The van der Waals surface area contributed by atoms with E-state index in [0.717, 1.165) is 0 Å². The molecule has 20 heavy (non-hydrogen) atoms. The molecule has 0 fully saturated rings. The molecule has 0 spiro atoms. The van der Waals surface area contributed by atoms with Crippen LogP contribution in [0.15, 0.2) is 36.7 Å². The number of benzene rings is 1. The van der Waals surface area contributed by atoms with Gasteiger partial charge in [0.1, 0.15) is 5.82 Å². The third-order valence-corrected chi connectivity index (χ3v) is 2.38. The number of nitrogens with zero attached hydrogens (tertiary/aromatic N) is 3. The highest BCUT2D eigenvalue weighted by atomic mass is 19.1. The summed E-state index contributed by atoms with van der Waals surface area (Å²) < 4.78 is 13.0. The molecule has 0 radical (unpaired) electrons. The largest absolute Gasteiger partial charge is 0.347 e. The average molecular weight is 275 g/mol. The van der Waals surface area contributed by atoms with Crippen LogP contribution in [-0.2, 0) is 0 Å². The second-order valence-electron chi connectivity index (χ2n) is 4.26. The van der Waals surface area contributed by atoms with Crippen molar-refractivity contribution in [1.29, 1.82) is 0 Å². The van der Waals surface area contributed by atoms with Crippen molar-refractivity contribution < 1.29 is 9.18 Å². The van der Waals surface area contributed by atoms with Gasteiger partial charge in [0.15, 0.2) is 0 Å². The van der Waals surface area contributed by atoms with Gasteiger partial charge in [-0.3, -0.25) is 0 Å². The number of hydrogen-bond donors (Lipinski definition) is 2. The number of amides is 2. The van der Waals surface area contributed by atoms with Crippen LogP contribution in [0.4, 0.5) is 26.5 Å². The molecule has 2 amide bonds. The van der Waals surface area contributed by atoms with E-state index < -0.39 is 11.8 Å². The SMILES string of the molecule is CN(C)c1ncc(NC(=O)Nc2cccc(F)c2)cn1. The predicted octanol–water partition coefficient (Wildman–Crippen LogP) is 2.33. The minimum absolute atomic E-state index is 0.369. The van der Waals surface area contributed by atoms with Crippen molar-refractivity contribution in [3.8, 4) is 0 Å². The van der Waals surface area contributed by atoms with Crippen LogP contribution < -0.4 is 15.5 Å². The zero-order valence-electron chi connectivity index (χ0n) is 11.1. The van der Waals surface area contributed by atoms with E-state index in [1.54, 1.807) is 11.0 Å². The molecular formula is C13H14FN5O. The second-order valence-corrected chi connectivity index (χ2v) is 4.26. The van der Waals surface area contributed by atoms with Gasteiger partial charge in [0.2, 0.25) is 5.95 Å². The van der Waals surface area contributed by atoms with Gasteiger partial charge in [-0.2, -0.15) is 0 Å². The van der Waals surface area contributed by atoms with Gasteiger partial charge in [-0.25, -0.2) is 19.2 Å². The molecule has 0 saturated heterocycles. The van der Waals surface area contributed by atoms with Gasteiger partial charge in [0, 0.05) is 19.8 Å². The number of nitrogens with one attached hydrogen (secondary N) is 2. The molecule has 104 valence electrons. The van der Waals surface area contributed by atoms with Gasteiger partial charge >= 0.3 is 6.03 Å². The minimum Gasteiger partial charge on any atom is -0.347 e. The first-order valence-corrected chi connectivity index (χ1v) is 5.87. The van der Waals surface area contributed by atoms with Crippen molar-refractivity contribution in [3.63, 3.8) is 0 Å². The summed E-state index contributed by atoms with van der Waals surface area (Å²) in [6, 6.07) is 5.15. The number of anilines is 3. The highest BCUT2D eigenvalue weighted by Crippen LogP contribution is 2.11. The topological polar surface area (TPSA) is 70.2 Å². The van der Waals surface area contributed by atoms with Crippen molar-refractivity contribution in [2.75, 3.05) is 29.6 Å². The minimum atomic E-state index is -0.489. The van der Waals surface area contributed by atoms with Crippen LogP contribution in [0.3, 0.4) is 0 Å². The van der Waals surface area contributed by atoms with E-state index in [-0.39, 0.29) is 0 Å². The van der Waals surface area contributed by atoms with E-state index in [9.17, 15) is 9.18 Å². The monoisotopic (exact) mass is 275 g/mol. The Morgan fingerprint density at radius 2 is 1.80 bits per heavy atom. The number of halogens is 1. The molecule has 0 atom stereocenters. The zero-order chi connectivity index (χ0) is 14.5. The molecule has 0 bridgehead atoms. The van der Waals surface area contributed by atoms with Crippen molar-refractivity contribution in [2.45, 2.75) is 0 Å². The van der Waals surface area contributed by atoms with Crippen LogP contribution in [0.5, 0.6) is 0 Å². The normalized spacial score (nSPS) is 9.95. The Morgan fingerprint density at radius 3 is 2.40 bits per heavy atom. The van der Waals surface area contributed by atoms with E-state index in [4.69, 9.17) is 0 Å². The fourth-order valence-corrected chi connectivity index (χ4v) is 1.48. The molecule has 0 unspecified atom stereocenters. The van der Waals surface area contributed by atoms with Crippen LogP contribution in [-0.4, -0.2) is 30.1 Å². The lowest BCUT2D eigenvalue weighted by Gasteiger charge is -2.10. The summed E-state index contributed by atoms with van der Waals surface area (Å²) >= 11 is 0. The maximum absolute atomic E-state index is 13.0. The van der Waals surface area contributed by atoms with Gasteiger partial charge < -0.3 is 15.5 Å². The maximum Gasteiger partial charge on any atom is 0.323 e. The third kappa shape index (κ3) is 3.64. The fourth-order valence-electron chi connectivity index (χ4n) is 1.48. The fraction of sp³-hybridized carbons (Fsp3) is 0.154. The van der Waals surface area contributed by atoms with Crippen molar-refractivity contribution >= 4 is 23.4 Å². The van der Waals surface area contributed by atoms with Crippen LogP contribution in [0.2, 0.25) is 0 Å². The summed E-state index contributed by atoms with van der Waals surface area (Å²) in [4.78, 5) is 21.6. The summed E-state index contributed by atoms with van der Waals surface area (Å²) in [5.41, 5.74) is 0.817. The Hall–Kier alpha value is -2.70. The summed E-state index contributed by atoms with van der Waals surface area (Å²) in [6.45, 7) is 0. The molecule has 7 heteroatoms. The Kier molecular flexibility index (Phi) is 4.09. The summed E-state index contributed by atoms with van der Waals surface area (Å²) in [7, 11) is 3.64. The van der Waals surface area contributed by atoms with E-state index in [1.165, 1.54) is 30.6 Å². The molecule has 1 heterocycles. The quantitative estimate of drug-likeness (QED) is 0.902.